The number of amides is 2. The highest BCUT2D eigenvalue weighted by atomic mass is 32.2. The van der Waals surface area contributed by atoms with Gasteiger partial charge in [-0.05, 0) is 18.4 Å². The number of nitrogens with two attached hydrogens (primary N) is 1. The average molecular weight is 238 g/mol. The topological polar surface area (TPSA) is 72.2 Å². The van der Waals surface area contributed by atoms with Crippen LogP contribution in [0.3, 0.4) is 0 Å². The molecule has 0 aliphatic heterocycles. The molecule has 0 unspecified atom stereocenters. The molecule has 1 aromatic rings. The van der Waals surface area contributed by atoms with Gasteiger partial charge in [0.15, 0.2) is 0 Å². The molecule has 4 nitrogen and oxygen atoms in total. The summed E-state index contributed by atoms with van der Waals surface area (Å²) in [7, 11) is 0. The highest BCUT2D eigenvalue weighted by Crippen LogP contribution is 2.19. The third kappa shape index (κ3) is 3.58. The van der Waals surface area contributed by atoms with Crippen molar-refractivity contribution < 1.29 is 9.59 Å². The van der Waals surface area contributed by atoms with Crippen LogP contribution in [0.2, 0.25) is 0 Å². The van der Waals surface area contributed by atoms with Gasteiger partial charge in [0.1, 0.15) is 0 Å². The van der Waals surface area contributed by atoms with Crippen LogP contribution in [0.25, 0.3) is 0 Å². The molecule has 5 heteroatoms. The lowest BCUT2D eigenvalue weighted by Crippen LogP contribution is -2.28. The summed E-state index contributed by atoms with van der Waals surface area (Å²) >= 11 is 1.51. The molecule has 1 rings (SSSR count). The molecule has 0 aliphatic rings. The molecule has 0 saturated carbocycles. The maximum Gasteiger partial charge on any atom is 0.252 e. The van der Waals surface area contributed by atoms with Crippen molar-refractivity contribution in [2.45, 2.75) is 11.3 Å². The molecule has 0 fully saturated rings. The van der Waals surface area contributed by atoms with E-state index in [-0.39, 0.29) is 18.9 Å². The minimum Gasteiger partial charge on any atom is -0.370 e. The average Bonchev–Trinajstić information content (AvgIpc) is 2.28. The van der Waals surface area contributed by atoms with Crippen LogP contribution >= 0.6 is 11.8 Å². The molecule has 86 valence electrons. The van der Waals surface area contributed by atoms with Gasteiger partial charge in [0.05, 0.1) is 5.56 Å². The van der Waals surface area contributed by atoms with E-state index >= 15 is 0 Å². The third-order valence-electron chi connectivity index (χ3n) is 2.01. The number of hydrogen-bond acceptors (Lipinski definition) is 3. The first-order valence-electron chi connectivity index (χ1n) is 4.84. The van der Waals surface area contributed by atoms with Gasteiger partial charge in [-0.25, -0.2) is 0 Å². The zero-order valence-corrected chi connectivity index (χ0v) is 9.84. The molecule has 0 spiro atoms. The third-order valence-corrected chi connectivity index (χ3v) is 2.80. The Morgan fingerprint density at radius 1 is 1.38 bits per heavy atom. The molecule has 0 aromatic heterocycles. The van der Waals surface area contributed by atoms with Gasteiger partial charge in [-0.3, -0.25) is 9.59 Å². The summed E-state index contributed by atoms with van der Waals surface area (Å²) in [4.78, 5) is 23.2. The van der Waals surface area contributed by atoms with Gasteiger partial charge in [0, 0.05) is 17.9 Å². The molecule has 0 atom stereocenters. The number of rotatable bonds is 5. The Morgan fingerprint density at radius 3 is 2.69 bits per heavy atom. The predicted octanol–water partition coefficient (Wildman–Crippen LogP) is 1.01. The lowest BCUT2D eigenvalue weighted by Gasteiger charge is -2.07. The van der Waals surface area contributed by atoms with Crippen molar-refractivity contribution in [3.63, 3.8) is 0 Å². The number of thioether (sulfide) groups is 1. The molecular formula is C11H14N2O2S. The maximum absolute atomic E-state index is 11.7. The van der Waals surface area contributed by atoms with E-state index in [4.69, 9.17) is 5.73 Å². The van der Waals surface area contributed by atoms with Gasteiger partial charge in [-0.2, -0.15) is 0 Å². The lowest BCUT2D eigenvalue weighted by atomic mass is 10.2. The van der Waals surface area contributed by atoms with Crippen LogP contribution in [0, 0.1) is 0 Å². The van der Waals surface area contributed by atoms with Crippen molar-refractivity contribution in [1.29, 1.82) is 0 Å². The normalized spacial score (nSPS) is 9.81. The van der Waals surface area contributed by atoms with E-state index in [0.29, 0.717) is 5.56 Å². The van der Waals surface area contributed by atoms with E-state index in [9.17, 15) is 9.59 Å². The van der Waals surface area contributed by atoms with Gasteiger partial charge in [0.2, 0.25) is 5.91 Å². The van der Waals surface area contributed by atoms with Gasteiger partial charge < -0.3 is 11.1 Å². The second kappa shape index (κ2) is 6.17. The Morgan fingerprint density at radius 2 is 2.06 bits per heavy atom. The van der Waals surface area contributed by atoms with Crippen LogP contribution in [0.5, 0.6) is 0 Å². The predicted molar refractivity (Wildman–Crippen MR) is 64.4 cm³/mol. The zero-order valence-electron chi connectivity index (χ0n) is 9.03. The van der Waals surface area contributed by atoms with Crippen molar-refractivity contribution in [2.24, 2.45) is 5.73 Å². The summed E-state index contributed by atoms with van der Waals surface area (Å²) in [5.41, 5.74) is 5.60. The van der Waals surface area contributed by atoms with E-state index in [0.717, 1.165) is 4.90 Å². The highest BCUT2D eigenvalue weighted by molar-refractivity contribution is 7.98. The molecule has 0 heterocycles. The Kier molecular flexibility index (Phi) is 4.85. The van der Waals surface area contributed by atoms with Gasteiger partial charge >= 0.3 is 0 Å². The fourth-order valence-corrected chi connectivity index (χ4v) is 1.82. The van der Waals surface area contributed by atoms with Crippen LogP contribution in [0.4, 0.5) is 0 Å². The maximum atomic E-state index is 11.7. The van der Waals surface area contributed by atoms with Crippen molar-refractivity contribution in [3.8, 4) is 0 Å². The van der Waals surface area contributed by atoms with Crippen LogP contribution in [0.1, 0.15) is 16.8 Å². The molecule has 0 aliphatic carbocycles. The second-order valence-electron chi connectivity index (χ2n) is 3.17. The van der Waals surface area contributed by atoms with Crippen LogP contribution in [-0.2, 0) is 4.79 Å². The number of hydrogen-bond donors (Lipinski definition) is 2. The molecule has 0 bridgehead atoms. The van der Waals surface area contributed by atoms with Crippen molar-refractivity contribution in [3.05, 3.63) is 29.8 Å². The summed E-state index contributed by atoms with van der Waals surface area (Å²) in [6.45, 7) is 0.275. The van der Waals surface area contributed by atoms with Crippen LogP contribution in [-0.4, -0.2) is 24.6 Å². The molecular weight excluding hydrogens is 224 g/mol. The number of carbonyl (C=O) groups excluding carboxylic acids is 2. The molecule has 2 amide bonds. The summed E-state index contributed by atoms with van der Waals surface area (Å²) < 4.78 is 0. The van der Waals surface area contributed by atoms with Crippen molar-refractivity contribution >= 4 is 23.6 Å². The summed E-state index contributed by atoms with van der Waals surface area (Å²) in [5, 5.41) is 2.65. The number of carbonyl (C=O) groups is 2. The fourth-order valence-electron chi connectivity index (χ4n) is 1.23. The van der Waals surface area contributed by atoms with Gasteiger partial charge in [0.25, 0.3) is 5.91 Å². The van der Waals surface area contributed by atoms with Gasteiger partial charge in [-0.1, -0.05) is 12.1 Å². The quantitative estimate of drug-likeness (QED) is 0.752. The Bertz CT molecular complexity index is 393. The van der Waals surface area contributed by atoms with Gasteiger partial charge in [-0.15, -0.1) is 11.8 Å². The Hall–Kier alpha value is -1.49. The largest absolute Gasteiger partial charge is 0.370 e. The van der Waals surface area contributed by atoms with Crippen LogP contribution < -0.4 is 11.1 Å². The first kappa shape index (κ1) is 12.6. The summed E-state index contributed by atoms with van der Waals surface area (Å²) in [5.74, 6) is -0.593. The van der Waals surface area contributed by atoms with E-state index in [1.54, 1.807) is 6.07 Å². The first-order chi connectivity index (χ1) is 7.65. The molecule has 0 saturated heterocycles. The van der Waals surface area contributed by atoms with E-state index in [1.165, 1.54) is 11.8 Å². The first-order valence-corrected chi connectivity index (χ1v) is 6.07. The highest BCUT2D eigenvalue weighted by Gasteiger charge is 2.09. The molecule has 1 aromatic carbocycles. The van der Waals surface area contributed by atoms with Crippen molar-refractivity contribution in [1.82, 2.24) is 5.32 Å². The lowest BCUT2D eigenvalue weighted by molar-refractivity contribution is -0.117. The van der Waals surface area contributed by atoms with Crippen molar-refractivity contribution in [2.75, 3.05) is 12.8 Å². The SMILES string of the molecule is CSc1ccccc1C(=O)NCCC(N)=O. The fraction of sp³-hybridized carbons (Fsp3) is 0.273. The molecule has 3 N–H and O–H groups in total. The number of benzene rings is 1. The Labute approximate surface area is 98.6 Å². The summed E-state index contributed by atoms with van der Waals surface area (Å²) in [6.07, 6.45) is 2.07. The summed E-state index contributed by atoms with van der Waals surface area (Å²) in [6, 6.07) is 7.33. The minimum absolute atomic E-state index is 0.160. The molecule has 0 radical (unpaired) electrons. The zero-order chi connectivity index (χ0) is 12.0. The molecule has 16 heavy (non-hydrogen) atoms. The monoisotopic (exact) mass is 238 g/mol. The van der Waals surface area contributed by atoms with E-state index in [1.807, 2.05) is 24.5 Å². The number of nitrogens with one attached hydrogen (secondary N) is 1. The van der Waals surface area contributed by atoms with E-state index in [2.05, 4.69) is 5.32 Å². The van der Waals surface area contributed by atoms with E-state index < -0.39 is 5.91 Å². The minimum atomic E-state index is -0.418. The smallest absolute Gasteiger partial charge is 0.252 e. The second-order valence-corrected chi connectivity index (χ2v) is 4.02. The Balaban J connectivity index is 2.62. The number of primary amides is 1. The van der Waals surface area contributed by atoms with Crippen LogP contribution in [0.15, 0.2) is 29.2 Å². The standard InChI is InChI=1S/C11H14N2O2S/c1-16-9-5-3-2-4-8(9)11(15)13-7-6-10(12)14/h2-5H,6-7H2,1H3,(H2,12,14)(H,13,15).